The van der Waals surface area contributed by atoms with Crippen molar-refractivity contribution in [3.8, 4) is 0 Å². The Morgan fingerprint density at radius 1 is 1.06 bits per heavy atom. The summed E-state index contributed by atoms with van der Waals surface area (Å²) in [4.78, 5) is 7.49. The average molecular weight is 413 g/mol. The number of aromatic amines is 1. The number of rotatable bonds is 5. The fourth-order valence-corrected chi connectivity index (χ4v) is 4.58. The molecule has 0 spiro atoms. The Morgan fingerprint density at radius 3 is 2.87 bits per heavy atom. The van der Waals surface area contributed by atoms with E-state index in [1.807, 2.05) is 41.1 Å². The number of anilines is 1. The van der Waals surface area contributed by atoms with Crippen LogP contribution in [0.4, 0.5) is 5.69 Å². The molecule has 0 saturated heterocycles. The molecule has 3 heterocycles. The number of para-hydroxylation sites is 1. The summed E-state index contributed by atoms with van der Waals surface area (Å²) in [5, 5.41) is 17.5. The van der Waals surface area contributed by atoms with Crippen LogP contribution in [0.2, 0.25) is 0 Å². The minimum Gasteiger partial charge on any atom is -0.458 e. The van der Waals surface area contributed by atoms with Crippen LogP contribution in [0, 0.1) is 0 Å². The predicted molar refractivity (Wildman–Crippen MR) is 118 cm³/mol. The number of H-pyrrole nitrogens is 1. The normalized spacial score (nSPS) is 16.1. The summed E-state index contributed by atoms with van der Waals surface area (Å²) in [5.41, 5.74) is 3.70. The van der Waals surface area contributed by atoms with E-state index in [9.17, 15) is 0 Å². The molecule has 1 aliphatic carbocycles. The molecule has 0 radical (unpaired) electrons. The number of furan rings is 1. The minimum atomic E-state index is -0.315. The molecule has 3 aromatic heterocycles. The molecule has 6 rings (SSSR count). The number of benzene rings is 2. The monoisotopic (exact) mass is 413 g/mol. The van der Waals surface area contributed by atoms with Crippen molar-refractivity contribution in [3.63, 3.8) is 0 Å². The van der Waals surface area contributed by atoms with Gasteiger partial charge in [-0.1, -0.05) is 37.5 Å². The topological polar surface area (TPSA) is 97.5 Å². The van der Waals surface area contributed by atoms with Crippen LogP contribution in [0.1, 0.15) is 55.8 Å². The van der Waals surface area contributed by atoms with Crippen molar-refractivity contribution in [1.82, 2.24) is 30.2 Å². The van der Waals surface area contributed by atoms with Gasteiger partial charge in [-0.3, -0.25) is 0 Å². The van der Waals surface area contributed by atoms with Crippen molar-refractivity contribution in [2.45, 2.75) is 44.2 Å². The van der Waals surface area contributed by atoms with E-state index in [1.54, 1.807) is 6.33 Å². The number of tetrazole rings is 1. The molecule has 8 heteroatoms. The molecule has 8 nitrogen and oxygen atoms in total. The Bertz CT molecular complexity index is 1290. The lowest BCUT2D eigenvalue weighted by molar-refractivity contribution is 0.313. The van der Waals surface area contributed by atoms with Crippen LogP contribution in [-0.4, -0.2) is 30.2 Å². The third-order valence-corrected chi connectivity index (χ3v) is 6.16. The lowest BCUT2D eigenvalue weighted by Crippen LogP contribution is -2.22. The van der Waals surface area contributed by atoms with Crippen LogP contribution in [0.5, 0.6) is 0 Å². The Morgan fingerprint density at radius 2 is 1.97 bits per heavy atom. The van der Waals surface area contributed by atoms with Gasteiger partial charge in [-0.05, 0) is 53.6 Å². The summed E-state index contributed by atoms with van der Waals surface area (Å²) in [7, 11) is 0. The van der Waals surface area contributed by atoms with Crippen molar-refractivity contribution in [1.29, 1.82) is 0 Å². The number of hydrogen-bond acceptors (Lipinski definition) is 6. The fourth-order valence-electron chi connectivity index (χ4n) is 4.58. The van der Waals surface area contributed by atoms with E-state index in [4.69, 9.17) is 4.42 Å². The minimum absolute atomic E-state index is 0.315. The van der Waals surface area contributed by atoms with Crippen LogP contribution in [0.15, 0.2) is 59.3 Å². The van der Waals surface area contributed by atoms with Gasteiger partial charge in [0.1, 0.15) is 17.4 Å². The first-order valence-electron chi connectivity index (χ1n) is 10.8. The molecule has 1 atom stereocenters. The third-order valence-electron chi connectivity index (χ3n) is 6.16. The largest absolute Gasteiger partial charge is 0.458 e. The van der Waals surface area contributed by atoms with Gasteiger partial charge >= 0.3 is 0 Å². The molecule has 0 bridgehead atoms. The van der Waals surface area contributed by atoms with Gasteiger partial charge in [0.25, 0.3) is 0 Å². The quantitative estimate of drug-likeness (QED) is 0.421. The summed E-state index contributed by atoms with van der Waals surface area (Å²) in [6.07, 6.45) is 7.61. The summed E-state index contributed by atoms with van der Waals surface area (Å²) >= 11 is 0. The van der Waals surface area contributed by atoms with Gasteiger partial charge < -0.3 is 14.7 Å². The number of nitrogens with one attached hydrogen (secondary N) is 2. The first-order valence-corrected chi connectivity index (χ1v) is 10.8. The molecular weight excluding hydrogens is 390 g/mol. The molecule has 2 N–H and O–H groups in total. The standard InChI is InChI=1S/C23H23N7O/c1-2-7-17(8-3-1)30-23(27-28-29-30)22(21-12-15-6-4-5-9-20(15)31-21)26-16-10-11-18-19(13-16)25-14-24-18/h4-6,9-14,17,22,26H,1-3,7-8H2,(H,24,25). The highest BCUT2D eigenvalue weighted by molar-refractivity contribution is 5.80. The first-order chi connectivity index (χ1) is 15.3. The van der Waals surface area contributed by atoms with Crippen LogP contribution >= 0.6 is 0 Å². The van der Waals surface area contributed by atoms with Crippen LogP contribution in [0.25, 0.3) is 22.0 Å². The SMILES string of the molecule is c1ccc2oc(C(Nc3ccc4nc[nH]c4c3)c3nnnn3C3CCCCC3)cc2c1. The van der Waals surface area contributed by atoms with Crippen LogP contribution in [0.3, 0.4) is 0 Å². The Hall–Kier alpha value is -3.68. The highest BCUT2D eigenvalue weighted by Gasteiger charge is 2.29. The third kappa shape index (κ3) is 3.34. The second kappa shape index (κ2) is 7.54. The zero-order valence-corrected chi connectivity index (χ0v) is 17.0. The number of aromatic nitrogens is 6. The van der Waals surface area contributed by atoms with Crippen LogP contribution in [-0.2, 0) is 0 Å². The van der Waals surface area contributed by atoms with Gasteiger partial charge in [0.05, 0.1) is 23.4 Å². The molecule has 1 aliphatic rings. The molecular formula is C23H23N7O. The van der Waals surface area contributed by atoms with E-state index in [2.05, 4.69) is 42.9 Å². The van der Waals surface area contributed by atoms with Crippen LogP contribution < -0.4 is 5.32 Å². The van der Waals surface area contributed by atoms with Crippen molar-refractivity contribution >= 4 is 27.7 Å². The first kappa shape index (κ1) is 18.1. The highest BCUT2D eigenvalue weighted by Crippen LogP contribution is 2.34. The van der Waals surface area contributed by atoms with Crippen molar-refractivity contribution < 1.29 is 4.42 Å². The van der Waals surface area contributed by atoms with Gasteiger partial charge in [-0.2, -0.15) is 0 Å². The Labute approximate surface area is 178 Å². The second-order valence-corrected chi connectivity index (χ2v) is 8.17. The molecule has 1 unspecified atom stereocenters. The zero-order chi connectivity index (χ0) is 20.6. The number of imidazole rings is 1. The summed E-state index contributed by atoms with van der Waals surface area (Å²) in [5.74, 6) is 1.56. The highest BCUT2D eigenvalue weighted by atomic mass is 16.3. The molecule has 2 aromatic carbocycles. The smallest absolute Gasteiger partial charge is 0.181 e. The van der Waals surface area contributed by atoms with E-state index >= 15 is 0 Å². The molecule has 1 fully saturated rings. The molecule has 1 saturated carbocycles. The zero-order valence-electron chi connectivity index (χ0n) is 17.0. The van der Waals surface area contributed by atoms with Gasteiger partial charge in [0.15, 0.2) is 5.82 Å². The van der Waals surface area contributed by atoms with E-state index in [0.717, 1.165) is 52.1 Å². The van der Waals surface area contributed by atoms with Crippen molar-refractivity contribution in [2.24, 2.45) is 0 Å². The van der Waals surface area contributed by atoms with Crippen molar-refractivity contribution in [2.75, 3.05) is 5.32 Å². The maximum atomic E-state index is 6.25. The molecule has 0 amide bonds. The lowest BCUT2D eigenvalue weighted by atomic mass is 9.95. The van der Waals surface area contributed by atoms with E-state index in [0.29, 0.717) is 6.04 Å². The maximum absolute atomic E-state index is 6.25. The molecule has 31 heavy (non-hydrogen) atoms. The molecule has 0 aliphatic heterocycles. The van der Waals surface area contributed by atoms with Gasteiger partial charge in [-0.15, -0.1) is 5.10 Å². The van der Waals surface area contributed by atoms with E-state index < -0.39 is 0 Å². The van der Waals surface area contributed by atoms with E-state index in [1.165, 1.54) is 19.3 Å². The number of hydrogen-bond donors (Lipinski definition) is 2. The fraction of sp³-hybridized carbons (Fsp3) is 0.304. The average Bonchev–Trinajstić information content (AvgIpc) is 3.56. The Kier molecular flexibility index (Phi) is 4.40. The van der Waals surface area contributed by atoms with E-state index in [-0.39, 0.29) is 6.04 Å². The van der Waals surface area contributed by atoms with Crippen molar-refractivity contribution in [3.05, 3.63) is 66.4 Å². The molecule has 5 aromatic rings. The maximum Gasteiger partial charge on any atom is 0.181 e. The predicted octanol–water partition coefficient (Wildman–Crippen LogP) is 5.00. The van der Waals surface area contributed by atoms with Gasteiger partial charge in [-0.25, -0.2) is 9.67 Å². The molecule has 156 valence electrons. The number of nitrogens with zero attached hydrogens (tertiary/aromatic N) is 5. The summed E-state index contributed by atoms with van der Waals surface area (Å²) in [6, 6.07) is 16.2. The summed E-state index contributed by atoms with van der Waals surface area (Å²) < 4.78 is 8.25. The van der Waals surface area contributed by atoms with Gasteiger partial charge in [0, 0.05) is 11.1 Å². The summed E-state index contributed by atoms with van der Waals surface area (Å²) in [6.45, 7) is 0. The van der Waals surface area contributed by atoms with Gasteiger partial charge in [0.2, 0.25) is 0 Å². The second-order valence-electron chi connectivity index (χ2n) is 8.17. The Balaban J connectivity index is 1.44. The number of fused-ring (bicyclic) bond motifs is 2. The lowest BCUT2D eigenvalue weighted by Gasteiger charge is -2.25.